The summed E-state index contributed by atoms with van der Waals surface area (Å²) in [5.74, 6) is 1.27. The Morgan fingerprint density at radius 2 is 1.85 bits per heavy atom. The number of thioether (sulfide) groups is 1. The molecule has 0 bridgehead atoms. The predicted octanol–water partition coefficient (Wildman–Crippen LogP) is 3.63. The van der Waals surface area contributed by atoms with E-state index in [1.807, 2.05) is 47.9 Å². The van der Waals surface area contributed by atoms with Gasteiger partial charge in [0.25, 0.3) is 0 Å². The molecule has 33 heavy (non-hydrogen) atoms. The average molecular weight is 463 g/mol. The lowest BCUT2D eigenvalue weighted by atomic mass is 10.2. The monoisotopic (exact) mass is 462 g/mol. The van der Waals surface area contributed by atoms with E-state index in [-0.39, 0.29) is 17.3 Å². The van der Waals surface area contributed by atoms with Gasteiger partial charge in [-0.2, -0.15) is 0 Å². The first-order chi connectivity index (χ1) is 16.0. The molecule has 10 heteroatoms. The van der Waals surface area contributed by atoms with Crippen LogP contribution in [0, 0.1) is 0 Å². The van der Waals surface area contributed by atoms with Gasteiger partial charge < -0.3 is 9.73 Å². The molecule has 0 aliphatic rings. The number of amides is 1. The third-order valence-corrected chi connectivity index (χ3v) is 6.53. The van der Waals surface area contributed by atoms with Gasteiger partial charge in [0.05, 0.1) is 16.8 Å². The van der Waals surface area contributed by atoms with Crippen LogP contribution in [0.15, 0.2) is 62.9 Å². The van der Waals surface area contributed by atoms with E-state index in [0.29, 0.717) is 29.0 Å². The Kier molecular flexibility index (Phi) is 5.29. The van der Waals surface area contributed by atoms with Crippen LogP contribution in [0.25, 0.3) is 33.6 Å². The standard InChI is InChI=1S/C23H22N6O3S/c1-4-29-21(19-11-14-7-5-6-8-18(14)32-19)25-26-22(29)33-13-20(30)24-15-9-10-16-17(12-15)28(3)23(31)27(16)2/h5-12H,4,13H2,1-3H3,(H,24,30). The first-order valence-electron chi connectivity index (χ1n) is 10.5. The number of carbonyl (C=O) groups excluding carboxylic acids is 1. The minimum Gasteiger partial charge on any atom is -0.453 e. The molecule has 0 unspecified atom stereocenters. The van der Waals surface area contributed by atoms with Crippen molar-refractivity contribution in [3.05, 3.63) is 59.0 Å². The van der Waals surface area contributed by atoms with E-state index in [0.717, 1.165) is 22.0 Å². The van der Waals surface area contributed by atoms with Crippen LogP contribution < -0.4 is 11.0 Å². The summed E-state index contributed by atoms with van der Waals surface area (Å²) in [6.07, 6.45) is 0. The molecule has 0 fully saturated rings. The van der Waals surface area contributed by atoms with Gasteiger partial charge in [-0.05, 0) is 37.3 Å². The van der Waals surface area contributed by atoms with Crippen LogP contribution in [0.1, 0.15) is 6.92 Å². The molecule has 0 radical (unpaired) electrons. The van der Waals surface area contributed by atoms with Crippen molar-refractivity contribution in [2.75, 3.05) is 11.1 Å². The maximum atomic E-state index is 12.6. The molecule has 0 aliphatic heterocycles. The quantitative estimate of drug-likeness (QED) is 0.387. The zero-order chi connectivity index (χ0) is 23.1. The highest BCUT2D eigenvalue weighted by Gasteiger charge is 2.18. The SMILES string of the molecule is CCn1c(SCC(=O)Nc2ccc3c(c2)n(C)c(=O)n3C)nnc1-c1cc2ccccc2o1. The first kappa shape index (κ1) is 21.1. The summed E-state index contributed by atoms with van der Waals surface area (Å²) in [6.45, 7) is 2.64. The lowest BCUT2D eigenvalue weighted by molar-refractivity contribution is -0.113. The van der Waals surface area contributed by atoms with Crippen LogP contribution in [-0.4, -0.2) is 35.6 Å². The van der Waals surface area contributed by atoms with E-state index in [1.165, 1.54) is 11.8 Å². The van der Waals surface area contributed by atoms with Crippen molar-refractivity contribution < 1.29 is 9.21 Å². The van der Waals surface area contributed by atoms with Crippen molar-refractivity contribution in [2.45, 2.75) is 18.6 Å². The number of benzene rings is 2. The highest BCUT2D eigenvalue weighted by molar-refractivity contribution is 7.99. The lowest BCUT2D eigenvalue weighted by Gasteiger charge is -2.07. The van der Waals surface area contributed by atoms with Gasteiger partial charge in [-0.15, -0.1) is 10.2 Å². The van der Waals surface area contributed by atoms with Crippen molar-refractivity contribution in [1.82, 2.24) is 23.9 Å². The Hall–Kier alpha value is -3.79. The fraction of sp³-hybridized carbons (Fsp3) is 0.217. The predicted molar refractivity (Wildman–Crippen MR) is 128 cm³/mol. The fourth-order valence-electron chi connectivity index (χ4n) is 3.87. The molecule has 168 valence electrons. The van der Waals surface area contributed by atoms with Crippen molar-refractivity contribution in [2.24, 2.45) is 14.1 Å². The van der Waals surface area contributed by atoms with Gasteiger partial charge in [-0.1, -0.05) is 30.0 Å². The molecule has 5 rings (SSSR count). The maximum Gasteiger partial charge on any atom is 0.328 e. The number of fused-ring (bicyclic) bond motifs is 2. The lowest BCUT2D eigenvalue weighted by Crippen LogP contribution is -2.19. The zero-order valence-corrected chi connectivity index (χ0v) is 19.2. The van der Waals surface area contributed by atoms with Crippen LogP contribution in [0.5, 0.6) is 0 Å². The summed E-state index contributed by atoms with van der Waals surface area (Å²) in [5, 5.41) is 13.1. The number of rotatable bonds is 6. The number of hydrogen-bond donors (Lipinski definition) is 1. The fourth-order valence-corrected chi connectivity index (χ4v) is 4.67. The highest BCUT2D eigenvalue weighted by atomic mass is 32.2. The Labute approximate surface area is 193 Å². The van der Waals surface area contributed by atoms with Crippen molar-refractivity contribution in [3.8, 4) is 11.6 Å². The van der Waals surface area contributed by atoms with Crippen molar-refractivity contribution in [3.63, 3.8) is 0 Å². The van der Waals surface area contributed by atoms with Gasteiger partial charge >= 0.3 is 5.69 Å². The number of para-hydroxylation sites is 1. The van der Waals surface area contributed by atoms with Gasteiger partial charge in [0.1, 0.15) is 5.58 Å². The molecule has 9 nitrogen and oxygen atoms in total. The van der Waals surface area contributed by atoms with Gasteiger partial charge in [0.2, 0.25) is 11.7 Å². The molecule has 2 aromatic carbocycles. The number of aryl methyl sites for hydroxylation is 2. The van der Waals surface area contributed by atoms with Gasteiger partial charge in [0, 0.05) is 31.7 Å². The van der Waals surface area contributed by atoms with Crippen LogP contribution >= 0.6 is 11.8 Å². The summed E-state index contributed by atoms with van der Waals surface area (Å²) >= 11 is 1.31. The van der Waals surface area contributed by atoms with Crippen molar-refractivity contribution in [1.29, 1.82) is 0 Å². The van der Waals surface area contributed by atoms with Gasteiger partial charge in [0.15, 0.2) is 10.9 Å². The summed E-state index contributed by atoms with van der Waals surface area (Å²) in [7, 11) is 3.44. The average Bonchev–Trinajstić information content (AvgIpc) is 3.49. The number of nitrogens with one attached hydrogen (secondary N) is 1. The third kappa shape index (κ3) is 3.72. The first-order valence-corrected chi connectivity index (χ1v) is 11.4. The third-order valence-electron chi connectivity index (χ3n) is 5.57. The number of anilines is 1. The minimum atomic E-state index is -0.170. The van der Waals surface area contributed by atoms with Crippen LogP contribution in [0.2, 0.25) is 0 Å². The van der Waals surface area contributed by atoms with E-state index in [2.05, 4.69) is 15.5 Å². The second kappa shape index (κ2) is 8.28. The van der Waals surface area contributed by atoms with Crippen LogP contribution in [0.4, 0.5) is 5.69 Å². The second-order valence-corrected chi connectivity index (χ2v) is 8.58. The Morgan fingerprint density at radius 1 is 1.06 bits per heavy atom. The molecule has 0 spiro atoms. The molecule has 3 heterocycles. The van der Waals surface area contributed by atoms with E-state index in [1.54, 1.807) is 35.4 Å². The van der Waals surface area contributed by atoms with Gasteiger partial charge in [-0.25, -0.2) is 4.79 Å². The molecule has 0 atom stereocenters. The number of carbonyl (C=O) groups is 1. The maximum absolute atomic E-state index is 12.6. The van der Waals surface area contributed by atoms with E-state index in [9.17, 15) is 9.59 Å². The molecule has 5 aromatic rings. The topological polar surface area (TPSA) is 99.9 Å². The summed E-state index contributed by atoms with van der Waals surface area (Å²) < 4.78 is 11.0. The Balaban J connectivity index is 1.31. The van der Waals surface area contributed by atoms with E-state index >= 15 is 0 Å². The Morgan fingerprint density at radius 3 is 2.64 bits per heavy atom. The number of furan rings is 1. The number of hydrogen-bond acceptors (Lipinski definition) is 6. The van der Waals surface area contributed by atoms with E-state index < -0.39 is 0 Å². The zero-order valence-electron chi connectivity index (χ0n) is 18.4. The second-order valence-electron chi connectivity index (χ2n) is 7.64. The number of nitrogens with zero attached hydrogens (tertiary/aromatic N) is 5. The largest absolute Gasteiger partial charge is 0.453 e. The molecular formula is C23H22N6O3S. The molecular weight excluding hydrogens is 440 g/mol. The number of aromatic nitrogens is 5. The van der Waals surface area contributed by atoms with Gasteiger partial charge in [-0.3, -0.25) is 18.5 Å². The number of imidazole rings is 1. The van der Waals surface area contributed by atoms with Crippen LogP contribution in [0.3, 0.4) is 0 Å². The molecule has 0 aliphatic carbocycles. The highest BCUT2D eigenvalue weighted by Crippen LogP contribution is 2.29. The van der Waals surface area contributed by atoms with Crippen LogP contribution in [-0.2, 0) is 25.4 Å². The smallest absolute Gasteiger partial charge is 0.328 e. The summed E-state index contributed by atoms with van der Waals surface area (Å²) in [6, 6.07) is 15.1. The molecule has 1 N–H and O–H groups in total. The summed E-state index contributed by atoms with van der Waals surface area (Å²) in [5.41, 5.74) is 2.88. The molecule has 1 amide bonds. The molecule has 0 saturated heterocycles. The van der Waals surface area contributed by atoms with E-state index in [4.69, 9.17) is 4.42 Å². The molecule has 0 saturated carbocycles. The minimum absolute atomic E-state index is 0.108. The Bertz CT molecular complexity index is 1520. The summed E-state index contributed by atoms with van der Waals surface area (Å²) in [4.78, 5) is 24.7. The molecule has 3 aromatic heterocycles. The van der Waals surface area contributed by atoms with Crippen molar-refractivity contribution >= 4 is 45.4 Å². The normalized spacial score (nSPS) is 11.5.